The third kappa shape index (κ3) is 3.40. The fourth-order valence-electron chi connectivity index (χ4n) is 4.39. The minimum absolute atomic E-state index is 0.210. The molecule has 0 amide bonds. The van der Waals surface area contributed by atoms with E-state index in [0.717, 1.165) is 56.8 Å². The lowest BCUT2D eigenvalue weighted by Crippen LogP contribution is -2.41. The van der Waals surface area contributed by atoms with Gasteiger partial charge in [0.2, 0.25) is 0 Å². The predicted molar refractivity (Wildman–Crippen MR) is 114 cm³/mol. The number of nitrogens with zero attached hydrogens (tertiary/aromatic N) is 5. The normalized spacial score (nSPS) is 18.2. The van der Waals surface area contributed by atoms with Crippen molar-refractivity contribution in [1.82, 2.24) is 19.6 Å². The number of rotatable bonds is 5. The van der Waals surface area contributed by atoms with Crippen molar-refractivity contribution in [3.05, 3.63) is 42.0 Å². The van der Waals surface area contributed by atoms with Gasteiger partial charge in [-0.3, -0.25) is 0 Å². The smallest absolute Gasteiger partial charge is 0.158 e. The Hall–Kier alpha value is -3.04. The highest BCUT2D eigenvalue weighted by Crippen LogP contribution is 2.40. The van der Waals surface area contributed by atoms with Crippen LogP contribution in [0.15, 0.2) is 30.6 Å². The molecule has 2 aliphatic heterocycles. The van der Waals surface area contributed by atoms with Gasteiger partial charge in [0.25, 0.3) is 0 Å². The Morgan fingerprint density at radius 1 is 1.20 bits per heavy atom. The third-order valence-corrected chi connectivity index (χ3v) is 6.23. The number of aromatic nitrogens is 4. The van der Waals surface area contributed by atoms with Crippen LogP contribution in [-0.2, 0) is 11.3 Å². The van der Waals surface area contributed by atoms with E-state index in [9.17, 15) is 5.11 Å². The fraction of sp³-hybridized carbons (Fsp3) is 0.429. The first kappa shape index (κ1) is 19.0. The van der Waals surface area contributed by atoms with Gasteiger partial charge in [0.15, 0.2) is 11.6 Å². The summed E-state index contributed by atoms with van der Waals surface area (Å²) in [4.78, 5) is 11.5. The van der Waals surface area contributed by atoms with Crippen molar-refractivity contribution < 1.29 is 9.84 Å². The summed E-state index contributed by atoms with van der Waals surface area (Å²) < 4.78 is 7.38. The Bertz CT molecular complexity index is 1060. The quantitative estimate of drug-likeness (QED) is 0.557. The van der Waals surface area contributed by atoms with Crippen molar-refractivity contribution in [2.45, 2.75) is 25.9 Å². The molecule has 5 rings (SSSR count). The number of ether oxygens (including phenoxy) is 1. The van der Waals surface area contributed by atoms with Gasteiger partial charge in [-0.25, -0.2) is 14.5 Å². The molecule has 3 aromatic heterocycles. The molecule has 3 N–H and O–H groups in total. The molecule has 0 radical (unpaired) electrons. The van der Waals surface area contributed by atoms with Gasteiger partial charge >= 0.3 is 0 Å². The van der Waals surface area contributed by atoms with Crippen molar-refractivity contribution in [1.29, 1.82) is 5.41 Å². The van der Waals surface area contributed by atoms with Gasteiger partial charge in [-0.05, 0) is 42.9 Å². The van der Waals surface area contributed by atoms with Crippen LogP contribution in [-0.4, -0.2) is 57.2 Å². The van der Waals surface area contributed by atoms with Gasteiger partial charge in [0.05, 0.1) is 30.6 Å². The average molecular weight is 407 g/mol. The van der Waals surface area contributed by atoms with Gasteiger partial charge in [-0.2, -0.15) is 5.10 Å². The number of piperidine rings is 1. The highest BCUT2D eigenvalue weighted by molar-refractivity contribution is 5.84. The molecule has 2 fully saturated rings. The van der Waals surface area contributed by atoms with E-state index in [1.165, 1.54) is 6.21 Å². The van der Waals surface area contributed by atoms with E-state index in [1.807, 2.05) is 24.4 Å². The minimum Gasteiger partial charge on any atom is -0.390 e. The Morgan fingerprint density at radius 3 is 2.80 bits per heavy atom. The van der Waals surface area contributed by atoms with E-state index in [4.69, 9.17) is 15.1 Å². The molecular formula is C21H25N7O2. The van der Waals surface area contributed by atoms with Gasteiger partial charge in [-0.15, -0.1) is 0 Å². The second-order valence-corrected chi connectivity index (χ2v) is 8.06. The molecular weight excluding hydrogens is 382 g/mol. The first-order valence-corrected chi connectivity index (χ1v) is 10.3. The molecule has 1 spiro atoms. The molecule has 0 unspecified atom stereocenters. The Balaban J connectivity index is 1.41. The lowest BCUT2D eigenvalue weighted by atomic mass is 9.78. The zero-order valence-corrected chi connectivity index (χ0v) is 16.7. The molecule has 30 heavy (non-hydrogen) atoms. The number of pyridine rings is 1. The Labute approximate surface area is 174 Å². The van der Waals surface area contributed by atoms with Gasteiger partial charge in [-0.1, -0.05) is 0 Å². The average Bonchev–Trinajstić information content (AvgIpc) is 3.43. The second kappa shape index (κ2) is 7.66. The maximum Gasteiger partial charge on any atom is 0.158 e. The number of aliphatic hydroxyl groups excluding tert-OH is 1. The van der Waals surface area contributed by atoms with Crippen molar-refractivity contribution in [3.63, 3.8) is 0 Å². The van der Waals surface area contributed by atoms with E-state index in [2.05, 4.69) is 20.3 Å². The highest BCUT2D eigenvalue weighted by atomic mass is 16.5. The molecule has 0 atom stereocenters. The van der Waals surface area contributed by atoms with Crippen LogP contribution in [0.4, 0.5) is 17.3 Å². The second-order valence-electron chi connectivity index (χ2n) is 8.06. The van der Waals surface area contributed by atoms with Crippen LogP contribution in [0.5, 0.6) is 0 Å². The molecule has 5 heterocycles. The summed E-state index contributed by atoms with van der Waals surface area (Å²) in [7, 11) is 0. The van der Waals surface area contributed by atoms with E-state index in [-0.39, 0.29) is 6.61 Å². The van der Waals surface area contributed by atoms with Crippen molar-refractivity contribution in [3.8, 4) is 0 Å². The minimum atomic E-state index is -0.210. The standard InChI is InChI=1S/C21H25N7O2/c22-11-17-19(24-15-1-2-16-3-7-23-28(16)12-15)25-18(13-29)20(26-17)27-8-4-21(5-9-27)6-10-30-14-21/h1-3,7,11-12,22,29H,4-6,8-10,13-14H2,(H,24,25). The highest BCUT2D eigenvalue weighted by Gasteiger charge is 2.38. The maximum absolute atomic E-state index is 9.97. The third-order valence-electron chi connectivity index (χ3n) is 6.23. The molecule has 0 aromatic carbocycles. The lowest BCUT2D eigenvalue weighted by Gasteiger charge is -2.39. The topological polar surface area (TPSA) is 112 Å². The van der Waals surface area contributed by atoms with Gasteiger partial charge in [0, 0.05) is 32.1 Å². The van der Waals surface area contributed by atoms with E-state index >= 15 is 0 Å². The van der Waals surface area contributed by atoms with Gasteiger partial charge in [0.1, 0.15) is 11.4 Å². The molecule has 0 aliphatic carbocycles. The molecule has 3 aromatic rings. The van der Waals surface area contributed by atoms with Crippen molar-refractivity contribution in [2.24, 2.45) is 5.41 Å². The van der Waals surface area contributed by atoms with Gasteiger partial charge < -0.3 is 25.5 Å². The molecule has 0 saturated carbocycles. The first-order valence-electron chi connectivity index (χ1n) is 10.3. The number of hydrogen-bond donors (Lipinski definition) is 3. The van der Waals surface area contributed by atoms with Crippen LogP contribution >= 0.6 is 0 Å². The number of anilines is 3. The Kier molecular flexibility index (Phi) is 4.84. The number of hydrogen-bond acceptors (Lipinski definition) is 8. The van der Waals surface area contributed by atoms with E-state index < -0.39 is 0 Å². The summed E-state index contributed by atoms with van der Waals surface area (Å²) in [5.74, 6) is 1.11. The molecule has 9 nitrogen and oxygen atoms in total. The Morgan fingerprint density at radius 2 is 2.07 bits per heavy atom. The van der Waals surface area contributed by atoms with Crippen molar-refractivity contribution >= 4 is 29.1 Å². The van der Waals surface area contributed by atoms with Crippen molar-refractivity contribution in [2.75, 3.05) is 36.5 Å². The van der Waals surface area contributed by atoms with Crippen LogP contribution in [0.25, 0.3) is 5.52 Å². The maximum atomic E-state index is 9.97. The molecule has 156 valence electrons. The summed E-state index contributed by atoms with van der Waals surface area (Å²) >= 11 is 0. The fourth-order valence-corrected chi connectivity index (χ4v) is 4.39. The molecule has 2 saturated heterocycles. The van der Waals surface area contributed by atoms with E-state index in [0.29, 0.717) is 28.4 Å². The number of aliphatic hydroxyl groups is 1. The van der Waals surface area contributed by atoms with Crippen LogP contribution in [0.2, 0.25) is 0 Å². The predicted octanol–water partition coefficient (Wildman–Crippen LogP) is 2.36. The monoisotopic (exact) mass is 407 g/mol. The SMILES string of the molecule is N=Cc1nc(N2CCC3(CCOC3)CC2)c(CO)nc1Nc1ccc2ccnn2c1. The molecule has 2 aliphatic rings. The largest absolute Gasteiger partial charge is 0.390 e. The van der Waals surface area contributed by atoms with Crippen LogP contribution < -0.4 is 10.2 Å². The zero-order chi connectivity index (χ0) is 20.6. The van der Waals surface area contributed by atoms with Crippen LogP contribution in [0.1, 0.15) is 30.7 Å². The van der Waals surface area contributed by atoms with Crippen LogP contribution in [0.3, 0.4) is 0 Å². The molecule has 0 bridgehead atoms. The molecule has 9 heteroatoms. The summed E-state index contributed by atoms with van der Waals surface area (Å²) in [5, 5.41) is 25.3. The van der Waals surface area contributed by atoms with E-state index in [1.54, 1.807) is 10.7 Å². The summed E-state index contributed by atoms with van der Waals surface area (Å²) in [6, 6.07) is 5.79. The van der Waals surface area contributed by atoms with Crippen LogP contribution in [0, 0.1) is 10.8 Å². The lowest BCUT2D eigenvalue weighted by molar-refractivity contribution is 0.133. The summed E-state index contributed by atoms with van der Waals surface area (Å²) in [5.41, 5.74) is 3.01. The first-order chi connectivity index (χ1) is 14.7. The zero-order valence-electron chi connectivity index (χ0n) is 16.7. The summed E-state index contributed by atoms with van der Waals surface area (Å²) in [6.45, 7) is 3.19. The summed E-state index contributed by atoms with van der Waals surface area (Å²) in [6.07, 6.45) is 8.00. The number of fused-ring (bicyclic) bond motifs is 1. The number of nitrogens with one attached hydrogen (secondary N) is 2.